The Hall–Kier alpha value is -1.26. The third-order valence-electron chi connectivity index (χ3n) is 3.04. The van der Waals surface area contributed by atoms with Gasteiger partial charge in [0, 0.05) is 0 Å². The van der Waals surface area contributed by atoms with Gasteiger partial charge in [0.1, 0.15) is 12.4 Å². The van der Waals surface area contributed by atoms with Gasteiger partial charge >= 0.3 is 0 Å². The van der Waals surface area contributed by atoms with Gasteiger partial charge in [0.25, 0.3) is 0 Å². The van der Waals surface area contributed by atoms with Crippen LogP contribution in [-0.4, -0.2) is 89.2 Å². The number of para-hydroxylation sites is 1. The first kappa shape index (κ1) is 22.8. The van der Waals surface area contributed by atoms with E-state index in [0.29, 0.717) is 65.2 Å². The summed E-state index contributed by atoms with van der Waals surface area (Å²) in [4.78, 5) is 0. The second kappa shape index (κ2) is 17.2. The summed E-state index contributed by atoms with van der Waals surface area (Å²) < 4.78 is 32.0. The van der Waals surface area contributed by atoms with E-state index in [9.17, 15) is 5.11 Å². The third kappa shape index (κ3) is 13.0. The monoisotopic (exact) mass is 374 g/mol. The zero-order valence-electron chi connectivity index (χ0n) is 15.1. The van der Waals surface area contributed by atoms with Gasteiger partial charge in [-0.05, 0) is 12.1 Å². The van der Waals surface area contributed by atoms with Crippen LogP contribution in [0.15, 0.2) is 30.3 Å². The van der Waals surface area contributed by atoms with E-state index < -0.39 is 6.29 Å². The number of aliphatic hydroxyl groups is 2. The second-order valence-corrected chi connectivity index (χ2v) is 5.09. The van der Waals surface area contributed by atoms with Crippen LogP contribution >= 0.6 is 0 Å². The molecule has 0 aliphatic carbocycles. The van der Waals surface area contributed by atoms with E-state index >= 15 is 0 Å². The Labute approximate surface area is 154 Å². The lowest BCUT2D eigenvalue weighted by atomic mass is 10.3. The maximum Gasteiger partial charge on any atom is 0.223 e. The van der Waals surface area contributed by atoms with Crippen LogP contribution in [0.25, 0.3) is 0 Å². The van der Waals surface area contributed by atoms with E-state index in [1.54, 1.807) is 12.1 Å². The van der Waals surface area contributed by atoms with Crippen LogP contribution in [0.5, 0.6) is 5.75 Å². The fourth-order valence-corrected chi connectivity index (χ4v) is 1.84. The fourth-order valence-electron chi connectivity index (χ4n) is 1.84. The molecule has 0 amide bonds. The topological polar surface area (TPSA) is 95.8 Å². The zero-order valence-corrected chi connectivity index (χ0v) is 15.1. The van der Waals surface area contributed by atoms with Gasteiger partial charge in [-0.25, -0.2) is 0 Å². The summed E-state index contributed by atoms with van der Waals surface area (Å²) in [5, 5.41) is 17.8. The van der Waals surface area contributed by atoms with Gasteiger partial charge in [-0.15, -0.1) is 0 Å². The van der Waals surface area contributed by atoms with Crippen LogP contribution < -0.4 is 4.74 Å². The molecule has 0 spiro atoms. The molecule has 1 rings (SSSR count). The maximum atomic E-state index is 9.25. The quantitative estimate of drug-likeness (QED) is 0.283. The number of hydrogen-bond acceptors (Lipinski definition) is 8. The molecule has 0 bridgehead atoms. The zero-order chi connectivity index (χ0) is 18.7. The number of benzene rings is 1. The minimum atomic E-state index is -0.712. The van der Waals surface area contributed by atoms with Crippen molar-refractivity contribution in [2.24, 2.45) is 0 Å². The van der Waals surface area contributed by atoms with Crippen molar-refractivity contribution < 1.29 is 38.6 Å². The second-order valence-electron chi connectivity index (χ2n) is 5.09. The van der Waals surface area contributed by atoms with Gasteiger partial charge in [-0.2, -0.15) is 0 Å². The average Bonchev–Trinajstić information content (AvgIpc) is 2.68. The first-order valence-electron chi connectivity index (χ1n) is 8.72. The molecule has 150 valence electrons. The van der Waals surface area contributed by atoms with Crippen molar-refractivity contribution in [3.8, 4) is 5.75 Å². The summed E-state index contributed by atoms with van der Waals surface area (Å²) in [5.41, 5.74) is 0. The minimum absolute atomic E-state index is 0.0227. The maximum absolute atomic E-state index is 9.25. The largest absolute Gasteiger partial charge is 0.462 e. The highest BCUT2D eigenvalue weighted by Crippen LogP contribution is 2.11. The third-order valence-corrected chi connectivity index (χ3v) is 3.04. The van der Waals surface area contributed by atoms with E-state index in [2.05, 4.69) is 0 Å². The van der Waals surface area contributed by atoms with Gasteiger partial charge in [0.2, 0.25) is 6.29 Å². The lowest BCUT2D eigenvalue weighted by Crippen LogP contribution is -2.26. The van der Waals surface area contributed by atoms with Crippen LogP contribution in [0, 0.1) is 0 Å². The Morgan fingerprint density at radius 2 is 1.15 bits per heavy atom. The molecule has 8 nitrogen and oxygen atoms in total. The molecule has 1 aromatic rings. The Morgan fingerprint density at radius 3 is 1.65 bits per heavy atom. The summed E-state index contributed by atoms with van der Waals surface area (Å²) in [6, 6.07) is 9.18. The molecule has 0 radical (unpaired) electrons. The standard InChI is InChI=1S/C18H30O8/c19-6-7-21-8-9-22-10-11-23-12-13-24-14-15-25-18(16-20)26-17-4-2-1-3-5-17/h1-5,18-20H,6-16H2. The molecule has 1 atom stereocenters. The Balaban J connectivity index is 1.85. The molecule has 1 unspecified atom stereocenters. The predicted octanol–water partition coefficient (Wildman–Crippen LogP) is 0.459. The molecule has 0 aromatic heterocycles. The number of hydrogen-bond donors (Lipinski definition) is 2. The lowest BCUT2D eigenvalue weighted by molar-refractivity contribution is -0.119. The van der Waals surface area contributed by atoms with Gasteiger partial charge in [-0.3, -0.25) is 0 Å². The van der Waals surface area contributed by atoms with E-state index in [0.717, 1.165) is 0 Å². The molecule has 1 aromatic carbocycles. The molecule has 26 heavy (non-hydrogen) atoms. The first-order valence-corrected chi connectivity index (χ1v) is 8.72. The van der Waals surface area contributed by atoms with E-state index in [-0.39, 0.29) is 13.2 Å². The number of aliphatic hydroxyl groups excluding tert-OH is 2. The van der Waals surface area contributed by atoms with Crippen molar-refractivity contribution in [1.82, 2.24) is 0 Å². The smallest absolute Gasteiger partial charge is 0.223 e. The minimum Gasteiger partial charge on any atom is -0.462 e. The lowest BCUT2D eigenvalue weighted by Gasteiger charge is -2.17. The predicted molar refractivity (Wildman–Crippen MR) is 94.3 cm³/mol. The van der Waals surface area contributed by atoms with Crippen LogP contribution in [0.4, 0.5) is 0 Å². The molecular formula is C18H30O8. The molecule has 0 heterocycles. The molecule has 0 saturated carbocycles. The molecule has 8 heteroatoms. The Kier molecular flexibility index (Phi) is 15.0. The van der Waals surface area contributed by atoms with E-state index in [1.165, 1.54) is 0 Å². The summed E-state index contributed by atoms with van der Waals surface area (Å²) in [6.45, 7) is 3.65. The Morgan fingerprint density at radius 1 is 0.654 bits per heavy atom. The number of ether oxygens (including phenoxy) is 6. The van der Waals surface area contributed by atoms with Crippen molar-refractivity contribution in [3.63, 3.8) is 0 Å². The highest BCUT2D eigenvalue weighted by Gasteiger charge is 2.08. The highest BCUT2D eigenvalue weighted by atomic mass is 16.7. The van der Waals surface area contributed by atoms with Crippen LogP contribution in [0.2, 0.25) is 0 Å². The summed E-state index contributed by atoms with van der Waals surface area (Å²) in [7, 11) is 0. The van der Waals surface area contributed by atoms with Gasteiger partial charge in [-0.1, -0.05) is 18.2 Å². The highest BCUT2D eigenvalue weighted by molar-refractivity contribution is 5.20. The van der Waals surface area contributed by atoms with Gasteiger partial charge < -0.3 is 38.6 Å². The number of rotatable bonds is 18. The molecule has 0 aliphatic heterocycles. The van der Waals surface area contributed by atoms with E-state index in [4.69, 9.17) is 33.5 Å². The summed E-state index contributed by atoms with van der Waals surface area (Å²) >= 11 is 0. The molecule has 0 fully saturated rings. The summed E-state index contributed by atoms with van der Waals surface area (Å²) in [5.74, 6) is 0.642. The SMILES string of the molecule is OCCOCCOCCOCCOCCOC(CO)Oc1ccccc1. The molecular weight excluding hydrogens is 344 g/mol. The average molecular weight is 374 g/mol. The Bertz CT molecular complexity index is 403. The van der Waals surface area contributed by atoms with Crippen LogP contribution in [0.3, 0.4) is 0 Å². The van der Waals surface area contributed by atoms with Gasteiger partial charge in [0.15, 0.2) is 0 Å². The van der Waals surface area contributed by atoms with Crippen molar-refractivity contribution in [2.75, 3.05) is 72.7 Å². The molecule has 0 saturated heterocycles. The van der Waals surface area contributed by atoms with Gasteiger partial charge in [0.05, 0.1) is 66.1 Å². The summed E-state index contributed by atoms with van der Waals surface area (Å²) in [6.07, 6.45) is -0.712. The van der Waals surface area contributed by atoms with Crippen molar-refractivity contribution in [2.45, 2.75) is 6.29 Å². The van der Waals surface area contributed by atoms with Crippen LogP contribution in [0.1, 0.15) is 0 Å². The fraction of sp³-hybridized carbons (Fsp3) is 0.667. The van der Waals surface area contributed by atoms with Crippen molar-refractivity contribution >= 4 is 0 Å². The van der Waals surface area contributed by atoms with Crippen molar-refractivity contribution in [3.05, 3.63) is 30.3 Å². The van der Waals surface area contributed by atoms with Crippen molar-refractivity contribution in [1.29, 1.82) is 0 Å². The first-order chi connectivity index (χ1) is 12.9. The molecule has 2 N–H and O–H groups in total. The molecule has 0 aliphatic rings. The van der Waals surface area contributed by atoms with E-state index in [1.807, 2.05) is 18.2 Å². The van der Waals surface area contributed by atoms with Crippen LogP contribution in [-0.2, 0) is 23.7 Å². The normalized spacial score (nSPS) is 12.2.